The zero-order valence-electron chi connectivity index (χ0n) is 11.3. The first-order valence-corrected chi connectivity index (χ1v) is 6.20. The van der Waals surface area contributed by atoms with Crippen LogP contribution in [0.1, 0.15) is 35.8 Å². The molecule has 21 heavy (non-hydrogen) atoms. The lowest BCUT2D eigenvalue weighted by Gasteiger charge is -2.14. The number of hydrogen-bond donors (Lipinski definition) is 1. The zero-order chi connectivity index (χ0) is 15.8. The number of hydrogen-bond acceptors (Lipinski definition) is 2. The van der Waals surface area contributed by atoms with Crippen molar-refractivity contribution in [2.75, 3.05) is 0 Å². The summed E-state index contributed by atoms with van der Waals surface area (Å²) in [5, 5.41) is 12.9. The van der Waals surface area contributed by atoms with E-state index in [1.54, 1.807) is 10.7 Å². The van der Waals surface area contributed by atoms with Crippen molar-refractivity contribution >= 4 is 5.97 Å². The van der Waals surface area contributed by atoms with Gasteiger partial charge in [0.15, 0.2) is 0 Å². The van der Waals surface area contributed by atoms with Crippen molar-refractivity contribution < 1.29 is 23.1 Å². The fourth-order valence-electron chi connectivity index (χ4n) is 2.08. The quantitative estimate of drug-likeness (QED) is 0.936. The lowest BCUT2D eigenvalue weighted by molar-refractivity contribution is -0.138. The predicted octanol–water partition coefficient (Wildman–Crippen LogP) is 3.85. The minimum atomic E-state index is -4.73. The summed E-state index contributed by atoms with van der Waals surface area (Å²) in [6.07, 6.45) is -3.24. The highest BCUT2D eigenvalue weighted by Crippen LogP contribution is 2.35. The second-order valence-corrected chi connectivity index (χ2v) is 4.82. The van der Waals surface area contributed by atoms with Gasteiger partial charge in [-0.15, -0.1) is 0 Å². The van der Waals surface area contributed by atoms with E-state index in [0.29, 0.717) is 5.69 Å². The maximum absolute atomic E-state index is 13.0. The summed E-state index contributed by atoms with van der Waals surface area (Å²) in [6.45, 7) is 3.71. The first kappa shape index (κ1) is 15.1. The second kappa shape index (κ2) is 5.23. The van der Waals surface area contributed by atoms with Crippen LogP contribution in [-0.2, 0) is 6.18 Å². The molecule has 0 aliphatic carbocycles. The van der Waals surface area contributed by atoms with Gasteiger partial charge in [-0.3, -0.25) is 4.68 Å². The number of aromatic nitrogens is 2. The van der Waals surface area contributed by atoms with Gasteiger partial charge in [-0.2, -0.15) is 18.3 Å². The molecule has 0 unspecified atom stereocenters. The smallest absolute Gasteiger partial charge is 0.417 e. The normalized spacial score (nSPS) is 11.9. The highest BCUT2D eigenvalue weighted by atomic mass is 19.4. The van der Waals surface area contributed by atoms with Crippen LogP contribution in [-0.4, -0.2) is 20.9 Å². The lowest BCUT2D eigenvalue weighted by atomic mass is 10.0. The van der Waals surface area contributed by atoms with Crippen LogP contribution >= 0.6 is 0 Å². The van der Waals surface area contributed by atoms with Gasteiger partial charge in [-0.1, -0.05) is 6.07 Å². The Bertz CT molecular complexity index is 675. The Morgan fingerprint density at radius 2 is 1.95 bits per heavy atom. The minimum Gasteiger partial charge on any atom is -0.478 e. The highest BCUT2D eigenvalue weighted by molar-refractivity contribution is 5.90. The molecule has 112 valence electrons. The molecule has 0 radical (unpaired) electrons. The Balaban J connectivity index is 2.62. The third-order valence-corrected chi connectivity index (χ3v) is 3.01. The summed E-state index contributed by atoms with van der Waals surface area (Å²) in [5.74, 6) is -1.61. The molecule has 4 nitrogen and oxygen atoms in total. The van der Waals surface area contributed by atoms with E-state index in [1.807, 2.05) is 13.8 Å². The van der Waals surface area contributed by atoms with Gasteiger partial charge in [0.05, 0.1) is 16.8 Å². The van der Waals surface area contributed by atoms with Crippen molar-refractivity contribution in [1.82, 2.24) is 9.78 Å². The Kier molecular flexibility index (Phi) is 3.76. The summed E-state index contributed by atoms with van der Waals surface area (Å²) < 4.78 is 40.6. The monoisotopic (exact) mass is 298 g/mol. The molecule has 0 spiro atoms. The first-order chi connectivity index (χ1) is 9.71. The van der Waals surface area contributed by atoms with Crippen molar-refractivity contribution in [1.29, 1.82) is 0 Å². The number of benzene rings is 1. The topological polar surface area (TPSA) is 55.1 Å². The molecule has 0 atom stereocenters. The van der Waals surface area contributed by atoms with Gasteiger partial charge in [0, 0.05) is 17.8 Å². The number of aromatic carboxylic acids is 1. The van der Waals surface area contributed by atoms with Crippen molar-refractivity contribution in [3.63, 3.8) is 0 Å². The predicted molar refractivity (Wildman–Crippen MR) is 70.0 cm³/mol. The average Bonchev–Trinajstić information content (AvgIpc) is 2.86. The van der Waals surface area contributed by atoms with E-state index in [1.165, 1.54) is 12.3 Å². The zero-order valence-corrected chi connectivity index (χ0v) is 11.3. The number of alkyl halides is 3. The number of nitrogens with zero attached hydrogens (tertiary/aromatic N) is 2. The molecule has 1 N–H and O–H groups in total. The maximum atomic E-state index is 13.0. The SMILES string of the molecule is CC(C)n1nccc1-c1ccc(C(=O)O)c(C(F)(F)F)c1. The van der Waals surface area contributed by atoms with E-state index in [2.05, 4.69) is 5.10 Å². The molecule has 0 saturated carbocycles. The number of carboxylic acids is 1. The number of halogens is 3. The highest BCUT2D eigenvalue weighted by Gasteiger charge is 2.35. The summed E-state index contributed by atoms with van der Waals surface area (Å²) >= 11 is 0. The van der Waals surface area contributed by atoms with E-state index in [-0.39, 0.29) is 11.6 Å². The van der Waals surface area contributed by atoms with E-state index in [0.717, 1.165) is 12.1 Å². The number of carboxylic acid groups (broad SMARTS) is 1. The number of rotatable bonds is 3. The molecule has 2 rings (SSSR count). The maximum Gasteiger partial charge on any atom is 0.417 e. The Labute approximate surface area is 118 Å². The molecule has 1 aromatic carbocycles. The van der Waals surface area contributed by atoms with E-state index < -0.39 is 23.3 Å². The molecule has 0 aliphatic rings. The molecule has 0 aliphatic heterocycles. The first-order valence-electron chi connectivity index (χ1n) is 6.20. The van der Waals surface area contributed by atoms with E-state index in [9.17, 15) is 18.0 Å². The molecule has 1 heterocycles. The molecule has 0 saturated heterocycles. The van der Waals surface area contributed by atoms with Crippen molar-refractivity contribution in [3.8, 4) is 11.3 Å². The van der Waals surface area contributed by atoms with Crippen LogP contribution in [0.15, 0.2) is 30.5 Å². The molecule has 2 aromatic rings. The molecular formula is C14H13F3N2O2. The summed E-state index contributed by atoms with van der Waals surface area (Å²) in [7, 11) is 0. The van der Waals surface area contributed by atoms with Crippen LogP contribution in [0, 0.1) is 0 Å². The van der Waals surface area contributed by atoms with Crippen molar-refractivity contribution in [2.24, 2.45) is 0 Å². The lowest BCUT2D eigenvalue weighted by Crippen LogP contribution is -2.13. The van der Waals surface area contributed by atoms with E-state index in [4.69, 9.17) is 5.11 Å². The Morgan fingerprint density at radius 1 is 1.29 bits per heavy atom. The largest absolute Gasteiger partial charge is 0.478 e. The van der Waals surface area contributed by atoms with Gasteiger partial charge in [0.2, 0.25) is 0 Å². The van der Waals surface area contributed by atoms with Gasteiger partial charge in [-0.25, -0.2) is 4.79 Å². The third kappa shape index (κ3) is 2.91. The number of carbonyl (C=O) groups is 1. The van der Waals surface area contributed by atoms with Crippen molar-refractivity contribution in [2.45, 2.75) is 26.1 Å². The Hall–Kier alpha value is -2.31. The van der Waals surface area contributed by atoms with E-state index >= 15 is 0 Å². The average molecular weight is 298 g/mol. The van der Waals surface area contributed by atoms with Crippen LogP contribution in [0.5, 0.6) is 0 Å². The Morgan fingerprint density at radius 3 is 2.48 bits per heavy atom. The van der Waals surface area contributed by atoms with Crippen molar-refractivity contribution in [3.05, 3.63) is 41.6 Å². The van der Waals surface area contributed by atoms with Crippen LogP contribution in [0.3, 0.4) is 0 Å². The fraction of sp³-hybridized carbons (Fsp3) is 0.286. The van der Waals surface area contributed by atoms with Crippen LogP contribution in [0.4, 0.5) is 13.2 Å². The van der Waals surface area contributed by atoms with Gasteiger partial charge in [-0.05, 0) is 32.0 Å². The summed E-state index contributed by atoms with van der Waals surface area (Å²) in [5.41, 5.74) is -1.14. The molecular weight excluding hydrogens is 285 g/mol. The summed E-state index contributed by atoms with van der Waals surface area (Å²) in [4.78, 5) is 10.9. The molecule has 7 heteroatoms. The fourth-order valence-corrected chi connectivity index (χ4v) is 2.08. The standard InChI is InChI=1S/C14H13F3N2O2/c1-8(2)19-12(5-6-18-19)9-3-4-10(13(20)21)11(7-9)14(15,16)17/h3-8H,1-2H3,(H,20,21). The van der Waals surface area contributed by atoms with Gasteiger partial charge in [0.1, 0.15) is 0 Å². The molecule has 0 amide bonds. The van der Waals surface area contributed by atoms with Crippen LogP contribution in [0.2, 0.25) is 0 Å². The van der Waals surface area contributed by atoms with Crippen LogP contribution < -0.4 is 0 Å². The second-order valence-electron chi connectivity index (χ2n) is 4.82. The molecule has 0 fully saturated rings. The molecule has 0 bridgehead atoms. The summed E-state index contributed by atoms with van der Waals surface area (Å²) in [6, 6.07) is 4.74. The molecule has 1 aromatic heterocycles. The van der Waals surface area contributed by atoms with Gasteiger partial charge >= 0.3 is 12.1 Å². The van der Waals surface area contributed by atoms with Crippen LogP contribution in [0.25, 0.3) is 11.3 Å². The minimum absolute atomic E-state index is 0.0245. The van der Waals surface area contributed by atoms with Gasteiger partial charge < -0.3 is 5.11 Å². The van der Waals surface area contributed by atoms with Gasteiger partial charge in [0.25, 0.3) is 0 Å². The third-order valence-electron chi connectivity index (χ3n) is 3.01.